The number of aliphatic imine (C=N–C) groups is 1. The normalized spacial score (nSPS) is 30.6. The van der Waals surface area contributed by atoms with Gasteiger partial charge < -0.3 is 10.6 Å². The Morgan fingerprint density at radius 3 is 2.78 bits per heavy atom. The maximum absolute atomic E-state index is 12.7. The van der Waals surface area contributed by atoms with Crippen molar-refractivity contribution in [1.29, 1.82) is 0 Å². The zero-order valence-corrected chi connectivity index (χ0v) is 14.1. The fourth-order valence-electron chi connectivity index (χ4n) is 3.45. The van der Waals surface area contributed by atoms with Gasteiger partial charge in [-0.2, -0.15) is 0 Å². The van der Waals surface area contributed by atoms with Crippen molar-refractivity contribution in [2.24, 2.45) is 10.9 Å². The topological polar surface area (TPSA) is 90.9 Å². The number of hydrogen-bond acceptors (Lipinski definition) is 5. The molecule has 0 unspecified atom stereocenters. The van der Waals surface area contributed by atoms with E-state index in [0.29, 0.717) is 30.5 Å². The van der Waals surface area contributed by atoms with Crippen molar-refractivity contribution < 1.29 is 14.4 Å². The van der Waals surface area contributed by atoms with E-state index in [1.54, 1.807) is 0 Å². The summed E-state index contributed by atoms with van der Waals surface area (Å²) >= 11 is 1.47. The zero-order chi connectivity index (χ0) is 16.4. The van der Waals surface area contributed by atoms with Crippen molar-refractivity contribution in [3.63, 3.8) is 0 Å². The minimum Gasteiger partial charge on any atom is -0.323 e. The Balaban J connectivity index is 1.61. The van der Waals surface area contributed by atoms with Gasteiger partial charge in [0.2, 0.25) is 5.91 Å². The van der Waals surface area contributed by atoms with Crippen LogP contribution in [-0.4, -0.2) is 52.3 Å². The summed E-state index contributed by atoms with van der Waals surface area (Å²) in [7, 11) is 0. The van der Waals surface area contributed by atoms with Crippen LogP contribution >= 0.6 is 11.8 Å². The van der Waals surface area contributed by atoms with Crippen molar-refractivity contribution in [3.05, 3.63) is 0 Å². The summed E-state index contributed by atoms with van der Waals surface area (Å²) in [6.45, 7) is 2.59. The maximum atomic E-state index is 12.7. The molecule has 4 amide bonds. The lowest BCUT2D eigenvalue weighted by atomic mass is 9.75. The highest BCUT2D eigenvalue weighted by Gasteiger charge is 2.52. The fourth-order valence-corrected chi connectivity index (χ4v) is 4.19. The Hall–Kier alpha value is -1.57. The minimum atomic E-state index is -0.789. The lowest BCUT2D eigenvalue weighted by Gasteiger charge is -2.34. The summed E-state index contributed by atoms with van der Waals surface area (Å²) in [5, 5.41) is 6.06. The standard InChI is InChI=1S/C15H22N4O3S/c1-2-10-3-5-15(6-4-10)12(21)19(14(22)18-15)9-11(20)17-13-16-7-8-23-13/h10H,2-9H2,1H3,(H,18,22)(H,16,17,20). The summed E-state index contributed by atoms with van der Waals surface area (Å²) in [4.78, 5) is 42.1. The van der Waals surface area contributed by atoms with E-state index in [0.717, 1.165) is 29.9 Å². The molecule has 2 aliphatic heterocycles. The van der Waals surface area contributed by atoms with Crippen molar-refractivity contribution in [2.75, 3.05) is 18.8 Å². The largest absolute Gasteiger partial charge is 0.325 e. The van der Waals surface area contributed by atoms with Gasteiger partial charge in [0.15, 0.2) is 5.17 Å². The SMILES string of the molecule is CCC1CCC2(CC1)NC(=O)N(CC(=O)NC1=NCCS1)C2=O. The van der Waals surface area contributed by atoms with Crippen LogP contribution in [0.3, 0.4) is 0 Å². The second-order valence-corrected chi connectivity index (χ2v) is 7.42. The minimum absolute atomic E-state index is 0.247. The van der Waals surface area contributed by atoms with Crippen molar-refractivity contribution in [1.82, 2.24) is 15.5 Å². The molecule has 23 heavy (non-hydrogen) atoms. The molecule has 2 fully saturated rings. The molecular formula is C15H22N4O3S. The molecule has 0 aromatic heterocycles. The van der Waals surface area contributed by atoms with Crippen LogP contribution in [0.2, 0.25) is 0 Å². The third kappa shape index (κ3) is 3.22. The van der Waals surface area contributed by atoms with Crippen LogP contribution in [0, 0.1) is 5.92 Å². The van der Waals surface area contributed by atoms with Crippen molar-refractivity contribution in [2.45, 2.75) is 44.6 Å². The Bertz CT molecular complexity index is 555. The van der Waals surface area contributed by atoms with Crippen molar-refractivity contribution >= 4 is 34.8 Å². The number of hydrogen-bond donors (Lipinski definition) is 2. The van der Waals surface area contributed by atoms with Crippen molar-refractivity contribution in [3.8, 4) is 0 Å². The summed E-state index contributed by atoms with van der Waals surface area (Å²) in [6.07, 6.45) is 4.31. The molecule has 3 aliphatic rings. The van der Waals surface area contributed by atoms with Crippen LogP contribution in [0.1, 0.15) is 39.0 Å². The molecule has 2 heterocycles. The average Bonchev–Trinajstić information content (AvgIpc) is 3.11. The van der Waals surface area contributed by atoms with Crippen LogP contribution in [-0.2, 0) is 9.59 Å². The van der Waals surface area contributed by atoms with Crippen LogP contribution in [0.15, 0.2) is 4.99 Å². The summed E-state index contributed by atoms with van der Waals surface area (Å²) in [6, 6.07) is -0.457. The van der Waals surface area contributed by atoms with E-state index in [-0.39, 0.29) is 18.4 Å². The summed E-state index contributed by atoms with van der Waals surface area (Å²) in [5.74, 6) is 0.842. The molecule has 0 aromatic carbocycles. The van der Waals surface area contributed by atoms with E-state index in [4.69, 9.17) is 0 Å². The molecule has 0 radical (unpaired) electrons. The molecule has 8 heteroatoms. The van der Waals surface area contributed by atoms with E-state index in [9.17, 15) is 14.4 Å². The van der Waals surface area contributed by atoms with Crippen LogP contribution in [0.4, 0.5) is 4.79 Å². The number of rotatable bonds is 3. The highest BCUT2D eigenvalue weighted by Crippen LogP contribution is 2.37. The molecule has 1 saturated heterocycles. The van der Waals surface area contributed by atoms with Crippen LogP contribution in [0.5, 0.6) is 0 Å². The first-order valence-corrected chi connectivity index (χ1v) is 9.14. The second kappa shape index (κ2) is 6.51. The first kappa shape index (κ1) is 16.3. The molecule has 0 aromatic rings. The first-order valence-electron chi connectivity index (χ1n) is 8.15. The van der Waals surface area contributed by atoms with Gasteiger partial charge in [0.1, 0.15) is 12.1 Å². The Morgan fingerprint density at radius 2 is 2.17 bits per heavy atom. The van der Waals surface area contributed by atoms with E-state index < -0.39 is 11.6 Å². The van der Waals surface area contributed by atoms with E-state index in [1.165, 1.54) is 11.8 Å². The van der Waals surface area contributed by atoms with Crippen LogP contribution in [0.25, 0.3) is 0 Å². The van der Waals surface area contributed by atoms with Gasteiger partial charge >= 0.3 is 6.03 Å². The van der Waals surface area contributed by atoms with Gasteiger partial charge in [0.05, 0.1) is 6.54 Å². The molecule has 0 atom stereocenters. The summed E-state index contributed by atoms with van der Waals surface area (Å²) in [5.41, 5.74) is -0.789. The number of imide groups is 1. The van der Waals surface area contributed by atoms with E-state index in [2.05, 4.69) is 22.5 Å². The van der Waals surface area contributed by atoms with E-state index >= 15 is 0 Å². The molecule has 126 valence electrons. The first-order chi connectivity index (χ1) is 11.0. The molecule has 1 aliphatic carbocycles. The lowest BCUT2D eigenvalue weighted by Crippen LogP contribution is -2.50. The van der Waals surface area contributed by atoms with Gasteiger partial charge in [-0.25, -0.2) is 4.79 Å². The number of amides is 4. The lowest BCUT2D eigenvalue weighted by molar-refractivity contribution is -0.135. The average molecular weight is 338 g/mol. The number of nitrogens with one attached hydrogen (secondary N) is 2. The molecular weight excluding hydrogens is 316 g/mol. The third-order valence-corrected chi connectivity index (χ3v) is 5.81. The predicted molar refractivity (Wildman–Crippen MR) is 88.1 cm³/mol. The van der Waals surface area contributed by atoms with Gasteiger partial charge in [0.25, 0.3) is 5.91 Å². The molecule has 2 N–H and O–H groups in total. The monoisotopic (exact) mass is 338 g/mol. The van der Waals surface area contributed by atoms with Crippen LogP contribution < -0.4 is 10.6 Å². The third-order valence-electron chi connectivity index (χ3n) is 4.92. The highest BCUT2D eigenvalue weighted by molar-refractivity contribution is 8.14. The number of thioether (sulfide) groups is 1. The number of carbonyl (C=O) groups is 3. The second-order valence-electron chi connectivity index (χ2n) is 6.34. The smallest absolute Gasteiger partial charge is 0.323 e. The number of amidine groups is 1. The van der Waals surface area contributed by atoms with Gasteiger partial charge in [-0.3, -0.25) is 19.5 Å². The molecule has 3 rings (SSSR count). The Morgan fingerprint density at radius 1 is 1.43 bits per heavy atom. The van der Waals surface area contributed by atoms with E-state index in [1.807, 2.05) is 0 Å². The highest BCUT2D eigenvalue weighted by atomic mass is 32.2. The zero-order valence-electron chi connectivity index (χ0n) is 13.3. The number of carbonyl (C=O) groups excluding carboxylic acids is 3. The molecule has 1 saturated carbocycles. The van der Waals surface area contributed by atoms with Gasteiger partial charge in [-0.15, -0.1) is 0 Å². The van der Waals surface area contributed by atoms with Gasteiger partial charge in [-0.1, -0.05) is 25.1 Å². The predicted octanol–water partition coefficient (Wildman–Crippen LogP) is 1.10. The molecule has 1 spiro atoms. The quantitative estimate of drug-likeness (QED) is 0.754. The number of urea groups is 1. The Kier molecular flexibility index (Phi) is 4.61. The van der Waals surface area contributed by atoms with Gasteiger partial charge in [0, 0.05) is 5.75 Å². The summed E-state index contributed by atoms with van der Waals surface area (Å²) < 4.78 is 0. The van der Waals surface area contributed by atoms with Gasteiger partial charge in [-0.05, 0) is 31.6 Å². The Labute approximate surface area is 139 Å². The fraction of sp³-hybridized carbons (Fsp3) is 0.733. The number of nitrogens with zero attached hydrogens (tertiary/aromatic N) is 2. The molecule has 7 nitrogen and oxygen atoms in total. The maximum Gasteiger partial charge on any atom is 0.325 e. The molecule has 0 bridgehead atoms.